The fraction of sp³-hybridized carbons (Fsp3) is 0.143. The van der Waals surface area contributed by atoms with Gasteiger partial charge in [-0.2, -0.15) is 4.31 Å². The van der Waals surface area contributed by atoms with Gasteiger partial charge in [-0.05, 0) is 35.9 Å². The molecule has 0 bridgehead atoms. The smallest absolute Gasteiger partial charge is 0.207 e. The average Bonchev–Trinajstić information content (AvgIpc) is 2.40. The first-order chi connectivity index (χ1) is 9.80. The zero-order chi connectivity index (χ0) is 15.6. The van der Waals surface area contributed by atoms with Crippen LogP contribution in [-0.4, -0.2) is 19.8 Å². The van der Waals surface area contributed by atoms with E-state index in [0.717, 1.165) is 10.0 Å². The van der Waals surface area contributed by atoms with E-state index in [1.165, 1.54) is 17.4 Å². The average molecular weight is 409 g/mol. The molecule has 0 atom stereocenters. The lowest BCUT2D eigenvalue weighted by Gasteiger charge is -2.18. The van der Waals surface area contributed by atoms with Crippen molar-refractivity contribution in [2.24, 2.45) is 0 Å². The fourth-order valence-corrected chi connectivity index (χ4v) is 4.08. The van der Waals surface area contributed by atoms with Crippen molar-refractivity contribution in [2.45, 2.75) is 11.4 Å². The molecule has 0 amide bonds. The van der Waals surface area contributed by atoms with Crippen LogP contribution in [0.1, 0.15) is 5.56 Å². The van der Waals surface area contributed by atoms with Crippen LogP contribution in [0.3, 0.4) is 0 Å². The van der Waals surface area contributed by atoms with Crippen LogP contribution in [0.15, 0.2) is 51.8 Å². The lowest BCUT2D eigenvalue weighted by atomic mass is 10.2. The van der Waals surface area contributed by atoms with Gasteiger partial charge in [-0.1, -0.05) is 51.3 Å². The molecule has 0 heterocycles. The maximum Gasteiger partial charge on any atom is 0.244 e. The second-order valence-electron chi connectivity index (χ2n) is 4.46. The summed E-state index contributed by atoms with van der Waals surface area (Å²) in [6.45, 7) is 0.242. The van der Waals surface area contributed by atoms with E-state index >= 15 is 0 Å². The van der Waals surface area contributed by atoms with Crippen LogP contribution in [0.5, 0.6) is 0 Å². The van der Waals surface area contributed by atoms with Crippen molar-refractivity contribution in [3.8, 4) is 0 Å². The molecule has 0 fully saturated rings. The largest absolute Gasteiger partial charge is 0.244 e. The molecular formula is C14H12BrCl2NO2S. The van der Waals surface area contributed by atoms with Crippen molar-refractivity contribution in [1.29, 1.82) is 0 Å². The van der Waals surface area contributed by atoms with E-state index in [1.54, 1.807) is 36.4 Å². The first-order valence-electron chi connectivity index (χ1n) is 5.96. The molecule has 3 nitrogen and oxygen atoms in total. The van der Waals surface area contributed by atoms with Gasteiger partial charge in [-0.15, -0.1) is 0 Å². The van der Waals surface area contributed by atoms with E-state index in [4.69, 9.17) is 23.2 Å². The molecule has 2 aromatic rings. The lowest BCUT2D eigenvalue weighted by molar-refractivity contribution is 0.467. The number of sulfonamides is 1. The molecule has 0 saturated heterocycles. The number of rotatable bonds is 4. The van der Waals surface area contributed by atoms with Crippen molar-refractivity contribution in [1.82, 2.24) is 4.31 Å². The summed E-state index contributed by atoms with van der Waals surface area (Å²) in [5.41, 5.74) is 0.846. The Kier molecular flexibility index (Phi) is 5.33. The van der Waals surface area contributed by atoms with E-state index in [0.29, 0.717) is 5.02 Å². The summed E-state index contributed by atoms with van der Waals surface area (Å²) in [6, 6.07) is 11.7. The molecule has 0 aliphatic heterocycles. The van der Waals surface area contributed by atoms with Crippen LogP contribution in [0.25, 0.3) is 0 Å². The minimum absolute atomic E-state index is 0.0869. The molecule has 7 heteroatoms. The van der Waals surface area contributed by atoms with Gasteiger partial charge in [0.25, 0.3) is 0 Å². The molecule has 0 radical (unpaired) electrons. The number of halogens is 3. The Hall–Kier alpha value is -0.590. The van der Waals surface area contributed by atoms with Crippen LogP contribution in [0.2, 0.25) is 10.0 Å². The topological polar surface area (TPSA) is 37.4 Å². The third-order valence-electron chi connectivity index (χ3n) is 2.90. The third-order valence-corrected chi connectivity index (χ3v) is 5.93. The molecule has 0 N–H and O–H groups in total. The van der Waals surface area contributed by atoms with Gasteiger partial charge in [-0.3, -0.25) is 0 Å². The summed E-state index contributed by atoms with van der Waals surface area (Å²) in [4.78, 5) is 0.0869. The van der Waals surface area contributed by atoms with Crippen LogP contribution in [0.4, 0.5) is 0 Å². The van der Waals surface area contributed by atoms with Crippen molar-refractivity contribution in [3.05, 3.63) is 62.5 Å². The summed E-state index contributed by atoms with van der Waals surface area (Å²) in [5.74, 6) is 0. The van der Waals surface area contributed by atoms with Crippen molar-refractivity contribution >= 4 is 49.2 Å². The number of hydrogen-bond donors (Lipinski definition) is 0. The highest BCUT2D eigenvalue weighted by atomic mass is 79.9. The highest BCUT2D eigenvalue weighted by Crippen LogP contribution is 2.28. The Morgan fingerprint density at radius 2 is 1.71 bits per heavy atom. The highest BCUT2D eigenvalue weighted by Gasteiger charge is 2.23. The van der Waals surface area contributed by atoms with Gasteiger partial charge in [-0.25, -0.2) is 8.42 Å². The monoisotopic (exact) mass is 407 g/mol. The van der Waals surface area contributed by atoms with Gasteiger partial charge < -0.3 is 0 Å². The van der Waals surface area contributed by atoms with Crippen molar-refractivity contribution in [3.63, 3.8) is 0 Å². The minimum Gasteiger partial charge on any atom is -0.207 e. The van der Waals surface area contributed by atoms with Gasteiger partial charge in [0.15, 0.2) is 0 Å². The maximum absolute atomic E-state index is 12.5. The summed E-state index contributed by atoms with van der Waals surface area (Å²) in [5, 5.41) is 0.799. The maximum atomic E-state index is 12.5. The van der Waals surface area contributed by atoms with Gasteiger partial charge >= 0.3 is 0 Å². The Morgan fingerprint density at radius 3 is 2.29 bits per heavy atom. The SMILES string of the molecule is CN(Cc1ccc(Cl)cc1)S(=O)(=O)c1ccc(Br)cc1Cl. The molecule has 2 aromatic carbocycles. The van der Waals surface area contributed by atoms with Crippen LogP contribution in [-0.2, 0) is 16.6 Å². The van der Waals surface area contributed by atoms with Gasteiger partial charge in [0.1, 0.15) is 4.90 Å². The predicted octanol–water partition coefficient (Wildman–Crippen LogP) is 4.58. The Bertz CT molecular complexity index is 748. The Balaban J connectivity index is 2.28. The van der Waals surface area contributed by atoms with E-state index in [1.807, 2.05) is 0 Å². The summed E-state index contributed by atoms with van der Waals surface area (Å²) < 4.78 is 27.1. The van der Waals surface area contributed by atoms with Gasteiger partial charge in [0.2, 0.25) is 10.0 Å². The first-order valence-corrected chi connectivity index (χ1v) is 8.95. The van der Waals surface area contributed by atoms with E-state index < -0.39 is 10.0 Å². The molecule has 0 spiro atoms. The fourth-order valence-electron chi connectivity index (χ4n) is 1.78. The number of benzene rings is 2. The summed E-state index contributed by atoms with van der Waals surface area (Å²) >= 11 is 15.1. The quantitative estimate of drug-likeness (QED) is 0.742. The zero-order valence-corrected chi connectivity index (χ0v) is 15.0. The Labute approximate surface area is 142 Å². The predicted molar refractivity (Wildman–Crippen MR) is 89.3 cm³/mol. The van der Waals surface area contributed by atoms with Crippen LogP contribution < -0.4 is 0 Å². The van der Waals surface area contributed by atoms with E-state index in [2.05, 4.69) is 15.9 Å². The molecule has 21 heavy (non-hydrogen) atoms. The molecule has 2 rings (SSSR count). The van der Waals surface area contributed by atoms with E-state index in [-0.39, 0.29) is 16.5 Å². The summed E-state index contributed by atoms with van der Waals surface area (Å²) in [7, 11) is -2.13. The second-order valence-corrected chi connectivity index (χ2v) is 8.23. The molecule has 0 saturated carbocycles. The highest BCUT2D eigenvalue weighted by molar-refractivity contribution is 9.10. The third kappa shape index (κ3) is 3.99. The van der Waals surface area contributed by atoms with Crippen LogP contribution >= 0.6 is 39.1 Å². The lowest BCUT2D eigenvalue weighted by Crippen LogP contribution is -2.26. The molecule has 0 aliphatic carbocycles. The van der Waals surface area contributed by atoms with Gasteiger partial charge in [0.05, 0.1) is 5.02 Å². The van der Waals surface area contributed by atoms with Crippen LogP contribution in [0, 0.1) is 0 Å². The Morgan fingerprint density at radius 1 is 1.10 bits per heavy atom. The van der Waals surface area contributed by atoms with E-state index in [9.17, 15) is 8.42 Å². The number of nitrogens with zero attached hydrogens (tertiary/aromatic N) is 1. The molecule has 0 unspecified atom stereocenters. The molecule has 0 aliphatic rings. The second kappa shape index (κ2) is 6.67. The molecule has 112 valence electrons. The van der Waals surface area contributed by atoms with Crippen molar-refractivity contribution in [2.75, 3.05) is 7.05 Å². The molecular weight excluding hydrogens is 397 g/mol. The summed E-state index contributed by atoms with van der Waals surface area (Å²) in [6.07, 6.45) is 0. The van der Waals surface area contributed by atoms with Crippen molar-refractivity contribution < 1.29 is 8.42 Å². The molecule has 0 aromatic heterocycles. The number of hydrogen-bond acceptors (Lipinski definition) is 2. The zero-order valence-electron chi connectivity index (χ0n) is 11.1. The standard InChI is InChI=1S/C14H12BrCl2NO2S/c1-18(9-10-2-5-12(16)6-3-10)21(19,20)14-7-4-11(15)8-13(14)17/h2-8H,9H2,1H3. The normalized spacial score (nSPS) is 11.9. The first kappa shape index (κ1) is 16.8. The minimum atomic E-state index is -3.65. The van der Waals surface area contributed by atoms with Gasteiger partial charge in [0, 0.05) is 23.1 Å².